The standard InChI is InChI=1S/C22H28N4O3/c1-22-10-9-19(27)26(22)18-8-3-2-7-17(18)21(29)25(22)15-20(28)24-13-12-23-11-5-4-6-16(23)14-24/h2-3,7-8,16H,4-6,9-15H2,1H3. The summed E-state index contributed by atoms with van der Waals surface area (Å²) >= 11 is 0. The van der Waals surface area contributed by atoms with E-state index in [0.717, 1.165) is 26.1 Å². The van der Waals surface area contributed by atoms with Gasteiger partial charge in [-0.2, -0.15) is 0 Å². The molecule has 7 heteroatoms. The van der Waals surface area contributed by atoms with Crippen LogP contribution in [0.2, 0.25) is 0 Å². The smallest absolute Gasteiger partial charge is 0.258 e. The second kappa shape index (κ2) is 6.83. The first-order valence-electron chi connectivity index (χ1n) is 10.7. The maximum absolute atomic E-state index is 13.3. The summed E-state index contributed by atoms with van der Waals surface area (Å²) in [5.74, 6) is -0.150. The largest absolute Gasteiger partial charge is 0.338 e. The first-order valence-corrected chi connectivity index (χ1v) is 10.7. The fourth-order valence-corrected chi connectivity index (χ4v) is 5.56. The lowest BCUT2D eigenvalue weighted by atomic mass is 9.97. The molecule has 0 N–H and O–H groups in total. The molecule has 2 unspecified atom stereocenters. The molecular weight excluding hydrogens is 368 g/mol. The van der Waals surface area contributed by atoms with Gasteiger partial charge in [0.2, 0.25) is 11.8 Å². The Balaban J connectivity index is 1.40. The molecule has 1 aromatic rings. The van der Waals surface area contributed by atoms with Crippen LogP contribution in [-0.2, 0) is 9.59 Å². The highest BCUT2D eigenvalue weighted by Crippen LogP contribution is 2.43. The summed E-state index contributed by atoms with van der Waals surface area (Å²) in [4.78, 5) is 47.0. The third-order valence-electron chi connectivity index (χ3n) is 7.23. The van der Waals surface area contributed by atoms with Crippen LogP contribution in [0.15, 0.2) is 24.3 Å². The van der Waals surface area contributed by atoms with Crippen LogP contribution in [0.25, 0.3) is 0 Å². The molecule has 154 valence electrons. The quantitative estimate of drug-likeness (QED) is 0.763. The number of benzene rings is 1. The summed E-state index contributed by atoms with van der Waals surface area (Å²) in [6.07, 6.45) is 4.55. The van der Waals surface area contributed by atoms with E-state index in [1.807, 2.05) is 30.0 Å². The summed E-state index contributed by atoms with van der Waals surface area (Å²) in [5, 5.41) is 0. The van der Waals surface area contributed by atoms with Gasteiger partial charge in [-0.3, -0.25) is 24.2 Å². The Labute approximate surface area is 171 Å². The van der Waals surface area contributed by atoms with E-state index in [2.05, 4.69) is 4.90 Å². The predicted molar refractivity (Wildman–Crippen MR) is 108 cm³/mol. The Bertz CT molecular complexity index is 871. The lowest BCUT2D eigenvalue weighted by molar-refractivity contribution is -0.137. The highest BCUT2D eigenvalue weighted by Gasteiger charge is 2.53. The zero-order valence-electron chi connectivity index (χ0n) is 17.0. The van der Waals surface area contributed by atoms with Crippen molar-refractivity contribution < 1.29 is 14.4 Å². The van der Waals surface area contributed by atoms with Gasteiger partial charge in [-0.05, 0) is 44.9 Å². The van der Waals surface area contributed by atoms with Crippen molar-refractivity contribution in [1.29, 1.82) is 0 Å². The number of hydrogen-bond acceptors (Lipinski definition) is 4. The summed E-state index contributed by atoms with van der Waals surface area (Å²) in [7, 11) is 0. The Morgan fingerprint density at radius 2 is 1.97 bits per heavy atom. The van der Waals surface area contributed by atoms with Crippen LogP contribution in [0.4, 0.5) is 5.69 Å². The van der Waals surface area contributed by atoms with Crippen molar-refractivity contribution in [3.8, 4) is 0 Å². The minimum absolute atomic E-state index is 0.0107. The molecule has 0 spiro atoms. The van der Waals surface area contributed by atoms with Gasteiger partial charge >= 0.3 is 0 Å². The van der Waals surface area contributed by atoms with Gasteiger partial charge < -0.3 is 9.80 Å². The number of carbonyl (C=O) groups excluding carboxylic acids is 3. The Hall–Kier alpha value is -2.41. The first kappa shape index (κ1) is 18.6. The van der Waals surface area contributed by atoms with Gasteiger partial charge in [-0.25, -0.2) is 0 Å². The van der Waals surface area contributed by atoms with Gasteiger partial charge in [0.25, 0.3) is 5.91 Å². The van der Waals surface area contributed by atoms with E-state index < -0.39 is 5.66 Å². The zero-order valence-corrected chi connectivity index (χ0v) is 17.0. The second-order valence-electron chi connectivity index (χ2n) is 8.88. The molecule has 3 fully saturated rings. The molecule has 5 rings (SSSR count). The molecule has 2 atom stereocenters. The fourth-order valence-electron chi connectivity index (χ4n) is 5.56. The molecule has 3 saturated heterocycles. The topological polar surface area (TPSA) is 64.2 Å². The molecule has 7 nitrogen and oxygen atoms in total. The maximum atomic E-state index is 13.3. The fraction of sp³-hybridized carbons (Fsp3) is 0.591. The average Bonchev–Trinajstić information content (AvgIpc) is 3.06. The Kier molecular flexibility index (Phi) is 4.38. The van der Waals surface area contributed by atoms with E-state index in [4.69, 9.17) is 0 Å². The summed E-state index contributed by atoms with van der Waals surface area (Å²) in [6.45, 7) is 5.45. The summed E-state index contributed by atoms with van der Waals surface area (Å²) in [6, 6.07) is 7.68. The molecule has 0 aromatic heterocycles. The van der Waals surface area contributed by atoms with Gasteiger partial charge in [-0.1, -0.05) is 18.6 Å². The lowest BCUT2D eigenvalue weighted by Crippen LogP contribution is -2.65. The molecule has 1 aromatic carbocycles. The monoisotopic (exact) mass is 396 g/mol. The van der Waals surface area contributed by atoms with Gasteiger partial charge in [0.1, 0.15) is 12.2 Å². The number of nitrogens with zero attached hydrogens (tertiary/aromatic N) is 4. The molecule has 0 radical (unpaired) electrons. The molecular formula is C22H28N4O3. The average molecular weight is 396 g/mol. The van der Waals surface area contributed by atoms with Crippen LogP contribution in [-0.4, -0.2) is 76.8 Å². The SMILES string of the molecule is CC12CCC(=O)N1c1ccccc1C(=O)N2CC(=O)N1CCN2CCCCC2C1. The van der Waals surface area contributed by atoms with Crippen molar-refractivity contribution in [2.75, 3.05) is 37.6 Å². The minimum Gasteiger partial charge on any atom is -0.338 e. The maximum Gasteiger partial charge on any atom is 0.258 e. The van der Waals surface area contributed by atoms with Gasteiger partial charge in [0.05, 0.1) is 11.3 Å². The van der Waals surface area contributed by atoms with Crippen LogP contribution in [0.3, 0.4) is 0 Å². The number of para-hydroxylation sites is 1. The van der Waals surface area contributed by atoms with E-state index in [-0.39, 0.29) is 24.3 Å². The van der Waals surface area contributed by atoms with Crippen LogP contribution in [0.1, 0.15) is 49.4 Å². The number of hydrogen-bond donors (Lipinski definition) is 0. The lowest BCUT2D eigenvalue weighted by Gasteiger charge is -2.49. The number of carbonyl (C=O) groups is 3. The van der Waals surface area contributed by atoms with Gasteiger partial charge in [0.15, 0.2) is 0 Å². The zero-order chi connectivity index (χ0) is 20.2. The number of piperidine rings is 1. The number of piperazine rings is 1. The normalized spacial score (nSPS) is 29.6. The third-order valence-corrected chi connectivity index (χ3v) is 7.23. The van der Waals surface area contributed by atoms with E-state index in [9.17, 15) is 14.4 Å². The molecule has 0 bridgehead atoms. The first-order chi connectivity index (χ1) is 14.0. The number of amides is 3. The Morgan fingerprint density at radius 1 is 1.14 bits per heavy atom. The predicted octanol–water partition coefficient (Wildman–Crippen LogP) is 1.68. The summed E-state index contributed by atoms with van der Waals surface area (Å²) < 4.78 is 0. The van der Waals surface area contributed by atoms with E-state index >= 15 is 0 Å². The molecule has 4 heterocycles. The highest BCUT2D eigenvalue weighted by atomic mass is 16.2. The van der Waals surface area contributed by atoms with Crippen molar-refractivity contribution in [2.45, 2.75) is 50.7 Å². The van der Waals surface area contributed by atoms with Crippen molar-refractivity contribution in [1.82, 2.24) is 14.7 Å². The van der Waals surface area contributed by atoms with Crippen molar-refractivity contribution >= 4 is 23.4 Å². The molecule has 3 amide bonds. The van der Waals surface area contributed by atoms with E-state index in [1.54, 1.807) is 15.9 Å². The van der Waals surface area contributed by atoms with E-state index in [0.29, 0.717) is 36.7 Å². The van der Waals surface area contributed by atoms with Crippen molar-refractivity contribution in [2.24, 2.45) is 0 Å². The Morgan fingerprint density at radius 3 is 2.83 bits per heavy atom. The number of fused-ring (bicyclic) bond motifs is 4. The molecule has 4 aliphatic rings. The minimum atomic E-state index is -0.773. The second-order valence-corrected chi connectivity index (χ2v) is 8.88. The van der Waals surface area contributed by atoms with Crippen LogP contribution in [0, 0.1) is 0 Å². The third kappa shape index (κ3) is 2.86. The summed E-state index contributed by atoms with van der Waals surface area (Å²) in [5.41, 5.74) is 0.400. The van der Waals surface area contributed by atoms with Crippen LogP contribution < -0.4 is 4.90 Å². The molecule has 0 aliphatic carbocycles. The van der Waals surface area contributed by atoms with Crippen molar-refractivity contribution in [3.05, 3.63) is 29.8 Å². The van der Waals surface area contributed by atoms with Gasteiger partial charge in [-0.15, -0.1) is 0 Å². The molecule has 29 heavy (non-hydrogen) atoms. The van der Waals surface area contributed by atoms with E-state index in [1.165, 1.54) is 12.8 Å². The molecule has 4 aliphatic heterocycles. The number of anilines is 1. The van der Waals surface area contributed by atoms with Gasteiger partial charge in [0, 0.05) is 32.1 Å². The van der Waals surface area contributed by atoms with Crippen molar-refractivity contribution in [3.63, 3.8) is 0 Å². The number of rotatable bonds is 2. The highest BCUT2D eigenvalue weighted by molar-refractivity contribution is 6.11. The molecule has 0 saturated carbocycles. The van der Waals surface area contributed by atoms with Crippen LogP contribution >= 0.6 is 0 Å². The van der Waals surface area contributed by atoms with Crippen LogP contribution in [0.5, 0.6) is 0 Å².